The molecule has 0 spiro atoms. The van der Waals surface area contributed by atoms with Crippen LogP contribution in [0.3, 0.4) is 0 Å². The SMILES string of the molecule is CCC(C)c1cn2c(CCCC(=O)O)csc2n1. The highest BCUT2D eigenvalue weighted by Gasteiger charge is 2.12. The van der Waals surface area contributed by atoms with Gasteiger partial charge in [-0.05, 0) is 25.2 Å². The van der Waals surface area contributed by atoms with Gasteiger partial charge in [-0.1, -0.05) is 13.8 Å². The number of carboxylic acid groups (broad SMARTS) is 1. The molecule has 2 rings (SSSR count). The first-order valence-electron chi connectivity index (χ1n) is 6.29. The minimum atomic E-state index is -0.729. The number of imidazole rings is 1. The van der Waals surface area contributed by atoms with E-state index in [1.54, 1.807) is 11.3 Å². The number of carbonyl (C=O) groups is 1. The van der Waals surface area contributed by atoms with Gasteiger partial charge in [0.1, 0.15) is 0 Å². The summed E-state index contributed by atoms with van der Waals surface area (Å²) >= 11 is 1.63. The van der Waals surface area contributed by atoms with Gasteiger partial charge in [0.05, 0.1) is 5.69 Å². The Hall–Kier alpha value is -1.36. The topological polar surface area (TPSA) is 54.6 Å². The summed E-state index contributed by atoms with van der Waals surface area (Å²) in [5.41, 5.74) is 2.29. The molecule has 1 unspecified atom stereocenters. The summed E-state index contributed by atoms with van der Waals surface area (Å²) in [6.45, 7) is 4.34. The molecular weight excluding hydrogens is 248 g/mol. The van der Waals surface area contributed by atoms with Crippen LogP contribution in [0.4, 0.5) is 0 Å². The molecule has 0 saturated carbocycles. The first-order chi connectivity index (χ1) is 8.61. The Labute approximate surface area is 110 Å². The summed E-state index contributed by atoms with van der Waals surface area (Å²) in [4.78, 5) is 16.1. The van der Waals surface area contributed by atoms with E-state index in [-0.39, 0.29) is 6.42 Å². The number of hydrogen-bond donors (Lipinski definition) is 1. The zero-order valence-electron chi connectivity index (χ0n) is 10.7. The van der Waals surface area contributed by atoms with Crippen molar-refractivity contribution in [3.05, 3.63) is 23.0 Å². The molecule has 0 radical (unpaired) electrons. The second-order valence-electron chi connectivity index (χ2n) is 4.60. The van der Waals surface area contributed by atoms with E-state index in [0.29, 0.717) is 12.3 Å². The number of nitrogens with zero attached hydrogens (tertiary/aromatic N) is 2. The van der Waals surface area contributed by atoms with Crippen molar-refractivity contribution in [2.75, 3.05) is 0 Å². The quantitative estimate of drug-likeness (QED) is 0.872. The highest BCUT2D eigenvalue weighted by atomic mass is 32.1. The molecule has 4 nitrogen and oxygen atoms in total. The van der Waals surface area contributed by atoms with Gasteiger partial charge in [-0.3, -0.25) is 9.20 Å². The molecule has 0 aliphatic heterocycles. The highest BCUT2D eigenvalue weighted by Crippen LogP contribution is 2.23. The summed E-state index contributed by atoms with van der Waals surface area (Å²) in [7, 11) is 0. The van der Waals surface area contributed by atoms with Crippen LogP contribution in [0.5, 0.6) is 0 Å². The maximum atomic E-state index is 10.5. The highest BCUT2D eigenvalue weighted by molar-refractivity contribution is 7.15. The molecule has 1 N–H and O–H groups in total. The van der Waals surface area contributed by atoms with Crippen molar-refractivity contribution in [2.45, 2.75) is 45.4 Å². The third kappa shape index (κ3) is 2.72. The summed E-state index contributed by atoms with van der Waals surface area (Å²) in [6.07, 6.45) is 4.88. The van der Waals surface area contributed by atoms with Gasteiger partial charge in [0, 0.05) is 23.7 Å². The third-order valence-electron chi connectivity index (χ3n) is 3.24. The number of hydrogen-bond acceptors (Lipinski definition) is 3. The first kappa shape index (κ1) is 13.1. The monoisotopic (exact) mass is 266 g/mol. The number of aliphatic carboxylic acids is 1. The third-order valence-corrected chi connectivity index (χ3v) is 4.13. The average molecular weight is 266 g/mol. The van der Waals surface area contributed by atoms with Crippen molar-refractivity contribution in [3.63, 3.8) is 0 Å². The first-order valence-corrected chi connectivity index (χ1v) is 7.17. The van der Waals surface area contributed by atoms with Gasteiger partial charge in [-0.25, -0.2) is 4.98 Å². The van der Waals surface area contributed by atoms with Crippen LogP contribution in [0.1, 0.15) is 50.4 Å². The molecule has 0 fully saturated rings. The lowest BCUT2D eigenvalue weighted by Crippen LogP contribution is -1.97. The minimum absolute atomic E-state index is 0.226. The maximum absolute atomic E-state index is 10.5. The molecule has 98 valence electrons. The Bertz CT molecular complexity index is 544. The average Bonchev–Trinajstić information content (AvgIpc) is 2.89. The van der Waals surface area contributed by atoms with Crippen LogP contribution in [-0.4, -0.2) is 20.5 Å². The smallest absolute Gasteiger partial charge is 0.303 e. The molecule has 0 aromatic carbocycles. The maximum Gasteiger partial charge on any atom is 0.303 e. The van der Waals surface area contributed by atoms with Crippen LogP contribution in [-0.2, 0) is 11.2 Å². The largest absolute Gasteiger partial charge is 0.481 e. The van der Waals surface area contributed by atoms with Gasteiger partial charge in [0.15, 0.2) is 4.96 Å². The lowest BCUT2D eigenvalue weighted by atomic mass is 10.1. The number of rotatable bonds is 6. The molecule has 0 aliphatic rings. The number of fused-ring (bicyclic) bond motifs is 1. The normalized spacial score (nSPS) is 13.0. The predicted molar refractivity (Wildman–Crippen MR) is 72.3 cm³/mol. The molecule has 2 heterocycles. The number of carboxylic acids is 1. The standard InChI is InChI=1S/C13H18N2O2S/c1-3-9(2)11-7-15-10(5-4-6-12(16)17)8-18-13(15)14-11/h7-9H,3-6H2,1-2H3,(H,16,17). The van der Waals surface area contributed by atoms with E-state index >= 15 is 0 Å². The molecule has 0 aliphatic carbocycles. The van der Waals surface area contributed by atoms with Gasteiger partial charge in [-0.2, -0.15) is 0 Å². The fourth-order valence-corrected chi connectivity index (χ4v) is 2.81. The lowest BCUT2D eigenvalue weighted by molar-refractivity contribution is -0.137. The molecule has 0 saturated heterocycles. The summed E-state index contributed by atoms with van der Waals surface area (Å²) in [5.74, 6) is -0.253. The fraction of sp³-hybridized carbons (Fsp3) is 0.538. The fourth-order valence-electron chi connectivity index (χ4n) is 1.89. The Morgan fingerprint density at radius 1 is 1.61 bits per heavy atom. The Kier molecular flexibility index (Phi) is 4.01. The van der Waals surface area contributed by atoms with Gasteiger partial charge >= 0.3 is 5.97 Å². The zero-order chi connectivity index (χ0) is 13.1. The summed E-state index contributed by atoms with van der Waals surface area (Å²) < 4.78 is 2.11. The molecular formula is C13H18N2O2S. The molecule has 2 aromatic heterocycles. The van der Waals surface area contributed by atoms with Crippen molar-refractivity contribution in [1.82, 2.24) is 9.38 Å². The van der Waals surface area contributed by atoms with Gasteiger partial charge < -0.3 is 5.11 Å². The Morgan fingerprint density at radius 3 is 3.06 bits per heavy atom. The number of aryl methyl sites for hydroxylation is 1. The summed E-state index contributed by atoms with van der Waals surface area (Å²) in [5, 5.41) is 10.7. The molecule has 18 heavy (non-hydrogen) atoms. The lowest BCUT2D eigenvalue weighted by Gasteiger charge is -2.02. The van der Waals surface area contributed by atoms with Crippen molar-refractivity contribution >= 4 is 22.3 Å². The van der Waals surface area contributed by atoms with Crippen LogP contribution >= 0.6 is 11.3 Å². The molecule has 0 bridgehead atoms. The Morgan fingerprint density at radius 2 is 2.39 bits per heavy atom. The second-order valence-corrected chi connectivity index (χ2v) is 5.44. The van der Waals surface area contributed by atoms with Crippen molar-refractivity contribution in [1.29, 1.82) is 0 Å². The van der Waals surface area contributed by atoms with Gasteiger partial charge in [-0.15, -0.1) is 11.3 Å². The van der Waals surface area contributed by atoms with E-state index in [4.69, 9.17) is 5.11 Å². The van der Waals surface area contributed by atoms with Gasteiger partial charge in [0.2, 0.25) is 0 Å². The van der Waals surface area contributed by atoms with E-state index in [1.807, 2.05) is 0 Å². The van der Waals surface area contributed by atoms with Crippen LogP contribution in [0.25, 0.3) is 4.96 Å². The molecule has 1 atom stereocenters. The van der Waals surface area contributed by atoms with Gasteiger partial charge in [0.25, 0.3) is 0 Å². The van der Waals surface area contributed by atoms with Crippen LogP contribution in [0, 0.1) is 0 Å². The molecule has 2 aromatic rings. The van der Waals surface area contributed by atoms with Crippen molar-refractivity contribution in [3.8, 4) is 0 Å². The number of aromatic nitrogens is 2. The van der Waals surface area contributed by atoms with E-state index in [9.17, 15) is 4.79 Å². The van der Waals surface area contributed by atoms with Crippen LogP contribution in [0.15, 0.2) is 11.6 Å². The second kappa shape index (κ2) is 5.52. The Balaban J connectivity index is 2.14. The molecule has 5 heteroatoms. The van der Waals surface area contributed by atoms with E-state index in [0.717, 1.165) is 23.5 Å². The van der Waals surface area contributed by atoms with Crippen molar-refractivity contribution in [2.24, 2.45) is 0 Å². The minimum Gasteiger partial charge on any atom is -0.481 e. The summed E-state index contributed by atoms with van der Waals surface area (Å²) in [6, 6.07) is 0. The van der Waals surface area contributed by atoms with E-state index < -0.39 is 5.97 Å². The van der Waals surface area contributed by atoms with E-state index in [2.05, 4.69) is 34.8 Å². The van der Waals surface area contributed by atoms with E-state index in [1.165, 1.54) is 5.69 Å². The van der Waals surface area contributed by atoms with Crippen LogP contribution in [0.2, 0.25) is 0 Å². The number of thiazole rings is 1. The predicted octanol–water partition coefficient (Wildman–Crippen LogP) is 3.32. The zero-order valence-corrected chi connectivity index (χ0v) is 11.5. The molecule has 0 amide bonds. The van der Waals surface area contributed by atoms with Crippen molar-refractivity contribution < 1.29 is 9.90 Å². The van der Waals surface area contributed by atoms with Crippen LogP contribution < -0.4 is 0 Å².